The summed E-state index contributed by atoms with van der Waals surface area (Å²) >= 11 is 0. The molecule has 0 aromatic heterocycles. The molecule has 3 unspecified atom stereocenters. The predicted molar refractivity (Wildman–Crippen MR) is 83.4 cm³/mol. The van der Waals surface area contributed by atoms with Crippen LogP contribution < -0.4 is 0 Å². The zero-order valence-electron chi connectivity index (χ0n) is 13.5. The van der Waals surface area contributed by atoms with Gasteiger partial charge in [-0.3, -0.25) is 4.90 Å². The van der Waals surface area contributed by atoms with Crippen LogP contribution in [0.1, 0.15) is 51.9 Å². The molecule has 20 heavy (non-hydrogen) atoms. The molecule has 0 spiro atoms. The number of likely N-dealkylation sites (tertiary alicyclic amines) is 1. The Morgan fingerprint density at radius 2 is 1.85 bits per heavy atom. The second-order valence-corrected chi connectivity index (χ2v) is 7.00. The van der Waals surface area contributed by atoms with Crippen molar-refractivity contribution in [2.24, 2.45) is 11.8 Å². The van der Waals surface area contributed by atoms with Crippen LogP contribution in [-0.4, -0.2) is 49.1 Å². The lowest BCUT2D eigenvalue weighted by molar-refractivity contribution is 0.0561. The molecule has 1 aliphatic carbocycles. The molecule has 114 valence electrons. The Labute approximate surface area is 124 Å². The van der Waals surface area contributed by atoms with E-state index in [0.717, 1.165) is 18.4 Å². The molecule has 2 rings (SSSR count). The highest BCUT2D eigenvalue weighted by molar-refractivity contribution is 4.98. The molecule has 2 fully saturated rings. The quantitative estimate of drug-likeness (QED) is 0.791. The van der Waals surface area contributed by atoms with E-state index >= 15 is 0 Å². The van der Waals surface area contributed by atoms with Crippen molar-refractivity contribution in [3.8, 4) is 6.07 Å². The van der Waals surface area contributed by atoms with Crippen molar-refractivity contribution in [1.82, 2.24) is 9.80 Å². The van der Waals surface area contributed by atoms with Gasteiger partial charge >= 0.3 is 0 Å². The van der Waals surface area contributed by atoms with Crippen molar-refractivity contribution >= 4 is 0 Å². The molecule has 0 radical (unpaired) electrons. The molecule has 1 aliphatic heterocycles. The molecule has 3 atom stereocenters. The maximum absolute atomic E-state index is 9.46. The topological polar surface area (TPSA) is 30.3 Å². The van der Waals surface area contributed by atoms with Gasteiger partial charge < -0.3 is 4.90 Å². The van der Waals surface area contributed by atoms with Crippen molar-refractivity contribution < 1.29 is 0 Å². The fourth-order valence-corrected chi connectivity index (χ4v) is 4.19. The predicted octanol–water partition coefficient (Wildman–Crippen LogP) is 3.12. The molecule has 1 saturated heterocycles. The third-order valence-electron chi connectivity index (χ3n) is 5.49. The zero-order valence-corrected chi connectivity index (χ0v) is 13.5. The molecular weight excluding hydrogens is 246 g/mol. The normalized spacial score (nSPS) is 33.2. The fraction of sp³-hybridized carbons (Fsp3) is 0.941. The highest BCUT2D eigenvalue weighted by Gasteiger charge is 2.35. The van der Waals surface area contributed by atoms with Gasteiger partial charge in [-0.2, -0.15) is 5.26 Å². The standard InChI is InChI=1S/C17H31N3/c1-4-5-14-6-7-15(13-18)17(12-14)20-10-8-16(9-11-20)19(2)3/h14-17H,4-12H2,1-3H3. The van der Waals surface area contributed by atoms with Gasteiger partial charge in [0.15, 0.2) is 0 Å². The summed E-state index contributed by atoms with van der Waals surface area (Å²) in [6, 6.07) is 3.87. The summed E-state index contributed by atoms with van der Waals surface area (Å²) in [4.78, 5) is 5.00. The van der Waals surface area contributed by atoms with Gasteiger partial charge in [-0.15, -0.1) is 0 Å². The van der Waals surface area contributed by atoms with Gasteiger partial charge in [0.2, 0.25) is 0 Å². The first kappa shape index (κ1) is 15.8. The second kappa shape index (κ2) is 7.43. The monoisotopic (exact) mass is 277 g/mol. The van der Waals surface area contributed by atoms with Crippen molar-refractivity contribution in [3.05, 3.63) is 0 Å². The minimum Gasteiger partial charge on any atom is -0.306 e. The SMILES string of the molecule is CCCC1CCC(C#N)C(N2CCC(N(C)C)CC2)C1. The summed E-state index contributed by atoms with van der Waals surface area (Å²) in [5, 5.41) is 9.46. The molecule has 1 heterocycles. The van der Waals surface area contributed by atoms with Crippen LogP contribution in [0, 0.1) is 23.2 Å². The van der Waals surface area contributed by atoms with Crippen molar-refractivity contribution in [3.63, 3.8) is 0 Å². The highest BCUT2D eigenvalue weighted by Crippen LogP contribution is 2.35. The average molecular weight is 277 g/mol. The van der Waals surface area contributed by atoms with Gasteiger partial charge in [-0.1, -0.05) is 19.8 Å². The van der Waals surface area contributed by atoms with Crippen molar-refractivity contribution in [2.75, 3.05) is 27.2 Å². The fourth-order valence-electron chi connectivity index (χ4n) is 4.19. The van der Waals surface area contributed by atoms with Crippen molar-refractivity contribution in [2.45, 2.75) is 64.0 Å². The molecule has 0 bridgehead atoms. The molecule has 0 aromatic carbocycles. The maximum atomic E-state index is 9.46. The van der Waals surface area contributed by atoms with Crippen LogP contribution in [0.2, 0.25) is 0 Å². The highest BCUT2D eigenvalue weighted by atomic mass is 15.2. The molecule has 0 N–H and O–H groups in total. The molecule has 3 nitrogen and oxygen atoms in total. The van der Waals surface area contributed by atoms with E-state index in [2.05, 4.69) is 36.9 Å². The first-order valence-corrected chi connectivity index (χ1v) is 8.45. The molecule has 1 saturated carbocycles. The minimum atomic E-state index is 0.277. The Morgan fingerprint density at radius 1 is 1.15 bits per heavy atom. The van der Waals surface area contributed by atoms with E-state index in [9.17, 15) is 5.26 Å². The summed E-state index contributed by atoms with van der Waals surface area (Å²) in [6.07, 6.45) is 8.83. The minimum absolute atomic E-state index is 0.277. The molecule has 0 aromatic rings. The van der Waals surface area contributed by atoms with E-state index < -0.39 is 0 Å². The number of piperidine rings is 1. The lowest BCUT2D eigenvalue weighted by Crippen LogP contribution is -2.50. The number of nitriles is 1. The Bertz CT molecular complexity index is 326. The first-order chi connectivity index (χ1) is 9.65. The van der Waals surface area contributed by atoms with Gasteiger partial charge in [0.25, 0.3) is 0 Å². The first-order valence-electron chi connectivity index (χ1n) is 8.45. The summed E-state index contributed by atoms with van der Waals surface area (Å²) < 4.78 is 0. The smallest absolute Gasteiger partial charge is 0.0672 e. The largest absolute Gasteiger partial charge is 0.306 e. The average Bonchev–Trinajstić information content (AvgIpc) is 2.47. The van der Waals surface area contributed by atoms with Gasteiger partial charge in [-0.25, -0.2) is 0 Å². The van der Waals surface area contributed by atoms with E-state index in [1.165, 1.54) is 51.6 Å². The number of rotatable bonds is 4. The molecule has 0 amide bonds. The molecular formula is C17H31N3. The molecule has 2 aliphatic rings. The Kier molecular flexibility index (Phi) is 5.86. The lowest BCUT2D eigenvalue weighted by Gasteiger charge is -2.44. The van der Waals surface area contributed by atoms with Crippen LogP contribution in [0.15, 0.2) is 0 Å². The maximum Gasteiger partial charge on any atom is 0.0672 e. The second-order valence-electron chi connectivity index (χ2n) is 7.00. The van der Waals surface area contributed by atoms with E-state index in [1.807, 2.05) is 0 Å². The molecule has 3 heteroatoms. The van der Waals surface area contributed by atoms with Gasteiger partial charge in [0, 0.05) is 12.1 Å². The Morgan fingerprint density at radius 3 is 2.40 bits per heavy atom. The van der Waals surface area contributed by atoms with Crippen LogP contribution in [0.5, 0.6) is 0 Å². The Balaban J connectivity index is 1.93. The van der Waals surface area contributed by atoms with Crippen LogP contribution >= 0.6 is 0 Å². The third kappa shape index (κ3) is 3.74. The van der Waals surface area contributed by atoms with Gasteiger partial charge in [-0.05, 0) is 65.2 Å². The van der Waals surface area contributed by atoms with E-state index in [4.69, 9.17) is 0 Å². The van der Waals surface area contributed by atoms with Crippen LogP contribution in [0.25, 0.3) is 0 Å². The number of nitrogens with zero attached hydrogens (tertiary/aromatic N) is 3. The lowest BCUT2D eigenvalue weighted by atomic mass is 9.76. The summed E-state index contributed by atoms with van der Waals surface area (Å²) in [5.74, 6) is 1.14. The summed E-state index contributed by atoms with van der Waals surface area (Å²) in [5.41, 5.74) is 0. The van der Waals surface area contributed by atoms with Crippen LogP contribution in [0.4, 0.5) is 0 Å². The zero-order chi connectivity index (χ0) is 14.5. The van der Waals surface area contributed by atoms with E-state index in [-0.39, 0.29) is 5.92 Å². The van der Waals surface area contributed by atoms with Crippen LogP contribution in [0.3, 0.4) is 0 Å². The van der Waals surface area contributed by atoms with Gasteiger partial charge in [0.05, 0.1) is 12.0 Å². The number of hydrogen-bond donors (Lipinski definition) is 0. The van der Waals surface area contributed by atoms with E-state index in [1.54, 1.807) is 0 Å². The summed E-state index contributed by atoms with van der Waals surface area (Å²) in [6.45, 7) is 4.66. The third-order valence-corrected chi connectivity index (χ3v) is 5.49. The summed E-state index contributed by atoms with van der Waals surface area (Å²) in [7, 11) is 4.38. The van der Waals surface area contributed by atoms with Crippen molar-refractivity contribution in [1.29, 1.82) is 5.26 Å². The Hall–Kier alpha value is -0.590. The van der Waals surface area contributed by atoms with Gasteiger partial charge in [0.1, 0.15) is 0 Å². The van der Waals surface area contributed by atoms with Crippen LogP contribution in [-0.2, 0) is 0 Å². The van der Waals surface area contributed by atoms with E-state index in [0.29, 0.717) is 6.04 Å². The number of hydrogen-bond acceptors (Lipinski definition) is 3.